The van der Waals surface area contributed by atoms with Crippen molar-refractivity contribution in [2.24, 2.45) is 0 Å². The second-order valence-electron chi connectivity index (χ2n) is 5.15. The number of aromatic nitrogens is 2. The molecule has 0 fully saturated rings. The van der Waals surface area contributed by atoms with Crippen molar-refractivity contribution in [1.82, 2.24) is 9.97 Å². The minimum atomic E-state index is -0.937. The van der Waals surface area contributed by atoms with E-state index in [0.717, 1.165) is 22.2 Å². The standard InChI is InChI=1S/C17H14ClN3O2/c1-21(10-15(22)23)17-19-14-8-7-12(18)9-13(14)16(20-17)11-5-3-2-4-6-11/h2-9H,10H2,1H3,(H,22,23). The van der Waals surface area contributed by atoms with Crippen molar-refractivity contribution in [3.8, 4) is 11.3 Å². The summed E-state index contributed by atoms with van der Waals surface area (Å²) in [5.41, 5.74) is 2.37. The van der Waals surface area contributed by atoms with Gasteiger partial charge >= 0.3 is 5.97 Å². The van der Waals surface area contributed by atoms with Crippen molar-refractivity contribution >= 4 is 34.4 Å². The molecule has 1 heterocycles. The van der Waals surface area contributed by atoms with E-state index in [1.807, 2.05) is 42.5 Å². The summed E-state index contributed by atoms with van der Waals surface area (Å²) in [4.78, 5) is 21.4. The molecule has 0 saturated carbocycles. The molecule has 0 bridgehead atoms. The molecule has 6 heteroatoms. The topological polar surface area (TPSA) is 66.3 Å². The van der Waals surface area contributed by atoms with Crippen LogP contribution in [0.3, 0.4) is 0 Å². The fourth-order valence-corrected chi connectivity index (χ4v) is 2.52. The first-order chi connectivity index (χ1) is 11.0. The summed E-state index contributed by atoms with van der Waals surface area (Å²) in [6.07, 6.45) is 0. The van der Waals surface area contributed by atoms with Crippen LogP contribution in [0.1, 0.15) is 0 Å². The molecule has 3 rings (SSSR count). The molecule has 116 valence electrons. The molecule has 0 spiro atoms. The lowest BCUT2D eigenvalue weighted by atomic mass is 10.1. The van der Waals surface area contributed by atoms with Gasteiger partial charge in [0.2, 0.25) is 5.95 Å². The minimum absolute atomic E-state index is 0.173. The normalized spacial score (nSPS) is 10.7. The molecule has 0 radical (unpaired) electrons. The number of halogens is 1. The first kappa shape index (κ1) is 15.2. The number of rotatable bonds is 4. The summed E-state index contributed by atoms with van der Waals surface area (Å²) in [5, 5.41) is 10.4. The highest BCUT2D eigenvalue weighted by Crippen LogP contribution is 2.29. The Morgan fingerprint density at radius 3 is 2.61 bits per heavy atom. The largest absolute Gasteiger partial charge is 0.480 e. The molecule has 23 heavy (non-hydrogen) atoms. The summed E-state index contributed by atoms with van der Waals surface area (Å²) < 4.78 is 0. The molecule has 0 aliphatic heterocycles. The van der Waals surface area contributed by atoms with Crippen molar-refractivity contribution in [3.05, 3.63) is 53.6 Å². The van der Waals surface area contributed by atoms with Crippen LogP contribution in [-0.4, -0.2) is 34.6 Å². The lowest BCUT2D eigenvalue weighted by molar-refractivity contribution is -0.135. The Hall–Kier alpha value is -2.66. The SMILES string of the molecule is CN(CC(=O)O)c1nc(-c2ccccc2)c2cc(Cl)ccc2n1. The van der Waals surface area contributed by atoms with Gasteiger partial charge in [0.15, 0.2) is 0 Å². The van der Waals surface area contributed by atoms with Crippen LogP contribution < -0.4 is 4.90 Å². The van der Waals surface area contributed by atoms with Crippen LogP contribution in [0.2, 0.25) is 5.02 Å². The summed E-state index contributed by atoms with van der Waals surface area (Å²) in [5.74, 6) is -0.574. The van der Waals surface area contributed by atoms with Crippen LogP contribution in [0.5, 0.6) is 0 Å². The zero-order valence-electron chi connectivity index (χ0n) is 12.4. The highest BCUT2D eigenvalue weighted by Gasteiger charge is 2.14. The van der Waals surface area contributed by atoms with Crippen molar-refractivity contribution in [1.29, 1.82) is 0 Å². The van der Waals surface area contributed by atoms with E-state index in [1.165, 1.54) is 4.90 Å². The number of carboxylic acid groups (broad SMARTS) is 1. The van der Waals surface area contributed by atoms with Crippen molar-refractivity contribution in [2.45, 2.75) is 0 Å². The number of anilines is 1. The molecule has 0 atom stereocenters. The van der Waals surface area contributed by atoms with E-state index < -0.39 is 5.97 Å². The quantitative estimate of drug-likeness (QED) is 0.794. The van der Waals surface area contributed by atoms with Crippen LogP contribution in [0.4, 0.5) is 5.95 Å². The number of nitrogens with zero attached hydrogens (tertiary/aromatic N) is 3. The molecule has 0 aliphatic rings. The average Bonchev–Trinajstić information content (AvgIpc) is 2.54. The zero-order valence-corrected chi connectivity index (χ0v) is 13.2. The van der Waals surface area contributed by atoms with Crippen molar-refractivity contribution in [2.75, 3.05) is 18.5 Å². The monoisotopic (exact) mass is 327 g/mol. The minimum Gasteiger partial charge on any atom is -0.480 e. The molecule has 0 aliphatic carbocycles. The Morgan fingerprint density at radius 2 is 1.91 bits per heavy atom. The van der Waals surface area contributed by atoms with Gasteiger partial charge in [-0.15, -0.1) is 0 Å². The van der Waals surface area contributed by atoms with E-state index in [4.69, 9.17) is 16.7 Å². The summed E-state index contributed by atoms with van der Waals surface area (Å²) >= 11 is 6.11. The highest BCUT2D eigenvalue weighted by atomic mass is 35.5. The van der Waals surface area contributed by atoms with Gasteiger partial charge in [-0.2, -0.15) is 0 Å². The lowest BCUT2D eigenvalue weighted by Gasteiger charge is -2.17. The summed E-state index contributed by atoms with van der Waals surface area (Å²) in [6, 6.07) is 15.1. The number of carboxylic acids is 1. The van der Waals surface area contributed by atoms with E-state index in [0.29, 0.717) is 11.0 Å². The number of aliphatic carboxylic acids is 1. The van der Waals surface area contributed by atoms with E-state index in [2.05, 4.69) is 9.97 Å². The molecule has 5 nitrogen and oxygen atoms in total. The molecule has 0 amide bonds. The molecule has 3 aromatic rings. The Balaban J connectivity index is 2.22. The van der Waals surface area contributed by atoms with Gasteiger partial charge in [-0.1, -0.05) is 41.9 Å². The maximum Gasteiger partial charge on any atom is 0.323 e. The Morgan fingerprint density at radius 1 is 1.17 bits per heavy atom. The van der Waals surface area contributed by atoms with Crippen molar-refractivity contribution in [3.63, 3.8) is 0 Å². The molecular formula is C17H14ClN3O2. The Kier molecular flexibility index (Phi) is 4.12. The number of fused-ring (bicyclic) bond motifs is 1. The van der Waals surface area contributed by atoms with Gasteiger partial charge in [-0.3, -0.25) is 4.79 Å². The predicted molar refractivity (Wildman–Crippen MR) is 90.9 cm³/mol. The summed E-state index contributed by atoms with van der Waals surface area (Å²) in [6.45, 7) is -0.173. The number of carbonyl (C=O) groups is 1. The third-order valence-electron chi connectivity index (χ3n) is 3.41. The van der Waals surface area contributed by atoms with Gasteiger partial charge in [-0.25, -0.2) is 9.97 Å². The van der Waals surface area contributed by atoms with Gasteiger partial charge < -0.3 is 10.0 Å². The molecule has 0 unspecified atom stereocenters. The molecule has 1 N–H and O–H groups in total. The smallest absolute Gasteiger partial charge is 0.323 e. The predicted octanol–water partition coefficient (Wildman–Crippen LogP) is 3.47. The van der Waals surface area contributed by atoms with Gasteiger partial charge in [0.1, 0.15) is 6.54 Å². The first-order valence-electron chi connectivity index (χ1n) is 7.00. The second kappa shape index (κ2) is 6.22. The number of hydrogen-bond acceptors (Lipinski definition) is 4. The third-order valence-corrected chi connectivity index (χ3v) is 3.64. The Bertz CT molecular complexity index is 868. The zero-order chi connectivity index (χ0) is 16.4. The van der Waals surface area contributed by atoms with Gasteiger partial charge in [0, 0.05) is 23.0 Å². The van der Waals surface area contributed by atoms with Crippen LogP contribution >= 0.6 is 11.6 Å². The Labute approximate surface area is 138 Å². The van der Waals surface area contributed by atoms with Gasteiger partial charge in [0.05, 0.1) is 11.2 Å². The fraction of sp³-hybridized carbons (Fsp3) is 0.118. The fourth-order valence-electron chi connectivity index (χ4n) is 2.35. The van der Waals surface area contributed by atoms with Crippen LogP contribution in [-0.2, 0) is 4.79 Å². The van der Waals surface area contributed by atoms with Crippen molar-refractivity contribution < 1.29 is 9.90 Å². The molecular weight excluding hydrogens is 314 g/mol. The molecule has 1 aromatic heterocycles. The maximum atomic E-state index is 10.9. The van der Waals surface area contributed by atoms with Gasteiger partial charge in [-0.05, 0) is 18.2 Å². The van der Waals surface area contributed by atoms with E-state index >= 15 is 0 Å². The second-order valence-corrected chi connectivity index (χ2v) is 5.59. The first-order valence-corrected chi connectivity index (χ1v) is 7.38. The molecule has 2 aromatic carbocycles. The maximum absolute atomic E-state index is 10.9. The van der Waals surface area contributed by atoms with E-state index in [-0.39, 0.29) is 6.54 Å². The number of likely N-dealkylation sites (N-methyl/N-ethyl adjacent to an activating group) is 1. The number of hydrogen-bond donors (Lipinski definition) is 1. The number of benzene rings is 2. The van der Waals surface area contributed by atoms with Crippen LogP contribution in [0, 0.1) is 0 Å². The van der Waals surface area contributed by atoms with E-state index in [9.17, 15) is 4.79 Å². The lowest BCUT2D eigenvalue weighted by Crippen LogP contribution is -2.27. The van der Waals surface area contributed by atoms with E-state index in [1.54, 1.807) is 13.1 Å². The van der Waals surface area contributed by atoms with Crippen LogP contribution in [0.15, 0.2) is 48.5 Å². The van der Waals surface area contributed by atoms with Crippen LogP contribution in [0.25, 0.3) is 22.2 Å². The third kappa shape index (κ3) is 3.24. The molecule has 0 saturated heterocycles. The highest BCUT2D eigenvalue weighted by molar-refractivity contribution is 6.31. The summed E-state index contributed by atoms with van der Waals surface area (Å²) in [7, 11) is 1.65. The average molecular weight is 328 g/mol. The van der Waals surface area contributed by atoms with Gasteiger partial charge in [0.25, 0.3) is 0 Å².